The predicted octanol–water partition coefficient (Wildman–Crippen LogP) is 2.27. The maximum Gasteiger partial charge on any atom is 0.144 e. The van der Waals surface area contributed by atoms with Crippen molar-refractivity contribution in [1.29, 1.82) is 0 Å². The highest BCUT2D eigenvalue weighted by Crippen LogP contribution is 2.36. The number of fused-ring (bicyclic) bond motifs is 2. The molecule has 1 aliphatic carbocycles. The lowest BCUT2D eigenvalue weighted by atomic mass is 9.87. The minimum absolute atomic E-state index is 0.0331. The lowest BCUT2D eigenvalue weighted by Gasteiger charge is -2.32. The second kappa shape index (κ2) is 8.31. The van der Waals surface area contributed by atoms with Gasteiger partial charge in [0.05, 0.1) is 16.3 Å². The summed E-state index contributed by atoms with van der Waals surface area (Å²) in [4.78, 5) is 12.4. The first-order valence-electron chi connectivity index (χ1n) is 10.7. The van der Waals surface area contributed by atoms with Gasteiger partial charge in [-0.05, 0) is 49.4 Å². The molecular formula is C22H27FN6OS. The summed E-state index contributed by atoms with van der Waals surface area (Å²) in [6, 6.07) is 3.77. The van der Waals surface area contributed by atoms with Crippen LogP contribution in [-0.2, 0) is 12.8 Å². The number of nitrogens with two attached hydrogens (primary N) is 1. The summed E-state index contributed by atoms with van der Waals surface area (Å²) in [5.41, 5.74) is 10.9. The molecule has 0 saturated carbocycles. The predicted molar refractivity (Wildman–Crippen MR) is 122 cm³/mol. The number of halogens is 1. The van der Waals surface area contributed by atoms with E-state index in [9.17, 15) is 9.50 Å². The third kappa shape index (κ3) is 3.98. The Hall–Kier alpha value is -2.33. The highest BCUT2D eigenvalue weighted by Gasteiger charge is 2.27. The van der Waals surface area contributed by atoms with Crippen LogP contribution >= 0.6 is 11.3 Å². The minimum Gasteiger partial charge on any atom is -0.396 e. The van der Waals surface area contributed by atoms with Gasteiger partial charge in [0, 0.05) is 44.1 Å². The van der Waals surface area contributed by atoms with E-state index < -0.39 is 6.23 Å². The van der Waals surface area contributed by atoms with E-state index in [1.54, 1.807) is 12.3 Å². The third-order valence-electron chi connectivity index (χ3n) is 6.20. The molecule has 1 fully saturated rings. The number of aliphatic hydroxyl groups excluding tert-OH is 1. The molecule has 31 heavy (non-hydrogen) atoms. The molecule has 2 aromatic heterocycles. The van der Waals surface area contributed by atoms with E-state index in [1.807, 2.05) is 6.92 Å². The number of hydrogen-bond donors (Lipinski definition) is 4. The van der Waals surface area contributed by atoms with Crippen molar-refractivity contribution in [1.82, 2.24) is 20.6 Å². The Balaban J connectivity index is 1.32. The van der Waals surface area contributed by atoms with Crippen LogP contribution in [0.1, 0.15) is 34.3 Å². The first-order valence-corrected chi connectivity index (χ1v) is 11.5. The van der Waals surface area contributed by atoms with Gasteiger partial charge >= 0.3 is 0 Å². The molecule has 3 heterocycles. The van der Waals surface area contributed by atoms with Crippen molar-refractivity contribution >= 4 is 33.1 Å². The van der Waals surface area contributed by atoms with Crippen LogP contribution in [-0.4, -0.2) is 47.3 Å². The van der Waals surface area contributed by atoms with Crippen molar-refractivity contribution in [2.75, 3.05) is 36.8 Å². The zero-order valence-corrected chi connectivity index (χ0v) is 18.3. The molecule has 0 spiro atoms. The van der Waals surface area contributed by atoms with Gasteiger partial charge in [0.1, 0.15) is 22.4 Å². The molecule has 0 radical (unpaired) electrons. The quantitative estimate of drug-likeness (QED) is 0.460. The average Bonchev–Trinajstić information content (AvgIpc) is 3.10. The number of nitrogen functional groups attached to an aromatic ring is 1. The number of benzene rings is 1. The molecule has 1 aliphatic heterocycles. The molecule has 2 aliphatic rings. The van der Waals surface area contributed by atoms with E-state index in [0.29, 0.717) is 27.3 Å². The standard InChI is InChI=1S/C22H27FN6OS/c1-12-11-26-19-18(24)20(31-22(19)27-12)21(30)28-14-3-2-13-8-15(10-17(23)16(13)9-14)29-6-4-25-5-7-29/h8,10-11,14,21,25,28,30H,2-7,9,24H2,1H3/t14-,21?/m0/s1. The molecule has 1 saturated heterocycles. The molecule has 5 rings (SSSR count). The fourth-order valence-corrected chi connectivity index (χ4v) is 5.59. The number of rotatable bonds is 4. The lowest BCUT2D eigenvalue weighted by Crippen LogP contribution is -2.43. The molecule has 1 unspecified atom stereocenters. The summed E-state index contributed by atoms with van der Waals surface area (Å²) in [6.45, 7) is 5.52. The molecule has 0 amide bonds. The van der Waals surface area contributed by atoms with Gasteiger partial charge in [-0.2, -0.15) is 0 Å². The second-order valence-corrected chi connectivity index (χ2v) is 9.39. The number of nitrogens with zero attached hydrogens (tertiary/aromatic N) is 3. The van der Waals surface area contributed by atoms with Gasteiger partial charge in [-0.1, -0.05) is 0 Å². The van der Waals surface area contributed by atoms with Crippen molar-refractivity contribution in [2.45, 2.75) is 38.5 Å². The summed E-state index contributed by atoms with van der Waals surface area (Å²) in [5, 5.41) is 17.4. The summed E-state index contributed by atoms with van der Waals surface area (Å²) in [6.07, 6.45) is 2.89. The number of aryl methyl sites for hydroxylation is 2. The molecule has 164 valence electrons. The maximum atomic E-state index is 15.0. The van der Waals surface area contributed by atoms with Crippen LogP contribution in [0.4, 0.5) is 15.8 Å². The highest BCUT2D eigenvalue weighted by atomic mass is 32.1. The summed E-state index contributed by atoms with van der Waals surface area (Å²) < 4.78 is 15.0. The number of thiophene rings is 1. The Morgan fingerprint density at radius 3 is 2.97 bits per heavy atom. The normalized spacial score (nSPS) is 20.1. The van der Waals surface area contributed by atoms with E-state index in [4.69, 9.17) is 5.73 Å². The summed E-state index contributed by atoms with van der Waals surface area (Å²) in [7, 11) is 0. The average molecular weight is 443 g/mol. The largest absolute Gasteiger partial charge is 0.396 e. The SMILES string of the molecule is Cc1cnc2c(N)c(C(O)N[C@H]3CCc4cc(N5CCNCC5)cc(F)c4C3)sc2n1. The molecule has 3 aromatic rings. The fraction of sp³-hybridized carbons (Fsp3) is 0.455. The van der Waals surface area contributed by atoms with Gasteiger partial charge in [0.15, 0.2) is 0 Å². The number of aromatic nitrogens is 2. The molecule has 7 nitrogen and oxygen atoms in total. The number of anilines is 2. The summed E-state index contributed by atoms with van der Waals surface area (Å²) >= 11 is 1.35. The van der Waals surface area contributed by atoms with Crippen LogP contribution in [0.5, 0.6) is 0 Å². The van der Waals surface area contributed by atoms with Crippen molar-refractivity contribution in [3.63, 3.8) is 0 Å². The number of aliphatic hydroxyl groups is 1. The third-order valence-corrected chi connectivity index (χ3v) is 7.34. The molecule has 2 atom stereocenters. The topological polar surface area (TPSA) is 99.3 Å². The number of nitrogens with one attached hydrogen (secondary N) is 2. The van der Waals surface area contributed by atoms with Crippen LogP contribution in [0.15, 0.2) is 18.3 Å². The van der Waals surface area contributed by atoms with E-state index in [2.05, 4.69) is 31.6 Å². The fourth-order valence-electron chi connectivity index (χ4n) is 4.54. The van der Waals surface area contributed by atoms with E-state index >= 15 is 0 Å². The monoisotopic (exact) mass is 442 g/mol. The minimum atomic E-state index is -0.934. The van der Waals surface area contributed by atoms with Gasteiger partial charge in [0.25, 0.3) is 0 Å². The molecule has 9 heteroatoms. The molecular weight excluding hydrogens is 415 g/mol. The zero-order chi connectivity index (χ0) is 21.5. The highest BCUT2D eigenvalue weighted by molar-refractivity contribution is 7.19. The molecule has 1 aromatic carbocycles. The Morgan fingerprint density at radius 2 is 2.16 bits per heavy atom. The Bertz CT molecular complexity index is 1110. The molecule has 5 N–H and O–H groups in total. The van der Waals surface area contributed by atoms with E-state index in [0.717, 1.165) is 61.5 Å². The first-order chi connectivity index (χ1) is 15.0. The Kier molecular flexibility index (Phi) is 5.51. The van der Waals surface area contributed by atoms with Crippen LogP contribution in [0.25, 0.3) is 10.3 Å². The van der Waals surface area contributed by atoms with Crippen molar-refractivity contribution in [3.8, 4) is 0 Å². The van der Waals surface area contributed by atoms with Gasteiger partial charge in [0.2, 0.25) is 0 Å². The van der Waals surface area contributed by atoms with Gasteiger partial charge < -0.3 is 21.1 Å². The van der Waals surface area contributed by atoms with Crippen molar-refractivity contribution < 1.29 is 9.50 Å². The van der Waals surface area contributed by atoms with Crippen LogP contribution in [0, 0.1) is 12.7 Å². The molecule has 0 bridgehead atoms. The zero-order valence-electron chi connectivity index (χ0n) is 17.5. The van der Waals surface area contributed by atoms with Crippen LogP contribution < -0.4 is 21.3 Å². The Labute approximate surface area is 184 Å². The van der Waals surface area contributed by atoms with Gasteiger partial charge in [-0.3, -0.25) is 5.32 Å². The smallest absolute Gasteiger partial charge is 0.144 e. The van der Waals surface area contributed by atoms with Crippen LogP contribution in [0.2, 0.25) is 0 Å². The van der Waals surface area contributed by atoms with Gasteiger partial charge in [-0.15, -0.1) is 11.3 Å². The van der Waals surface area contributed by atoms with E-state index in [1.165, 1.54) is 11.3 Å². The van der Waals surface area contributed by atoms with Crippen molar-refractivity contribution in [2.24, 2.45) is 0 Å². The number of hydrogen-bond acceptors (Lipinski definition) is 8. The first kappa shape index (κ1) is 20.6. The maximum absolute atomic E-state index is 15.0. The number of piperazine rings is 1. The second-order valence-electron chi connectivity index (χ2n) is 8.36. The van der Waals surface area contributed by atoms with Crippen LogP contribution in [0.3, 0.4) is 0 Å². The Morgan fingerprint density at radius 1 is 1.35 bits per heavy atom. The van der Waals surface area contributed by atoms with Crippen molar-refractivity contribution in [3.05, 3.63) is 45.8 Å². The lowest BCUT2D eigenvalue weighted by molar-refractivity contribution is 0.123. The van der Waals surface area contributed by atoms with E-state index in [-0.39, 0.29) is 11.9 Å². The summed E-state index contributed by atoms with van der Waals surface area (Å²) in [5.74, 6) is -0.155. The van der Waals surface area contributed by atoms with Gasteiger partial charge in [-0.25, -0.2) is 14.4 Å².